The smallest absolute Gasteiger partial charge is 0.222 e. The summed E-state index contributed by atoms with van der Waals surface area (Å²) in [6, 6.07) is 0. The lowest BCUT2D eigenvalue weighted by molar-refractivity contribution is -0.132. The summed E-state index contributed by atoms with van der Waals surface area (Å²) in [7, 11) is 0. The second kappa shape index (κ2) is 8.39. The van der Waals surface area contributed by atoms with Crippen LogP contribution in [0.25, 0.3) is 0 Å². The number of halogens is 1. The second-order valence-corrected chi connectivity index (χ2v) is 5.78. The Morgan fingerprint density at radius 3 is 2.71 bits per heavy atom. The molecular formula is C15H25ClN4O. The van der Waals surface area contributed by atoms with Crippen molar-refractivity contribution in [3.05, 3.63) is 18.2 Å². The van der Waals surface area contributed by atoms with Gasteiger partial charge in [0.15, 0.2) is 0 Å². The molecule has 0 bridgehead atoms. The van der Waals surface area contributed by atoms with Crippen LogP contribution in [0.5, 0.6) is 0 Å². The summed E-state index contributed by atoms with van der Waals surface area (Å²) in [4.78, 5) is 20.7. The molecule has 0 spiro atoms. The maximum Gasteiger partial charge on any atom is 0.222 e. The summed E-state index contributed by atoms with van der Waals surface area (Å²) in [5, 5.41) is 0. The van der Waals surface area contributed by atoms with Crippen molar-refractivity contribution in [2.45, 2.75) is 32.7 Å². The van der Waals surface area contributed by atoms with E-state index in [0.717, 1.165) is 57.9 Å². The van der Waals surface area contributed by atoms with Crippen LogP contribution in [0.15, 0.2) is 12.4 Å². The summed E-state index contributed by atoms with van der Waals surface area (Å²) in [5.41, 5.74) is 0. The van der Waals surface area contributed by atoms with E-state index in [1.165, 1.54) is 0 Å². The average molecular weight is 313 g/mol. The van der Waals surface area contributed by atoms with Crippen LogP contribution in [0.3, 0.4) is 0 Å². The number of aryl methyl sites for hydroxylation is 1. The van der Waals surface area contributed by atoms with E-state index < -0.39 is 0 Å². The van der Waals surface area contributed by atoms with Crippen molar-refractivity contribution in [3.8, 4) is 0 Å². The number of carbonyl (C=O) groups excluding carboxylic acids is 1. The molecule has 1 fully saturated rings. The monoisotopic (exact) mass is 312 g/mol. The summed E-state index contributed by atoms with van der Waals surface area (Å²) in [6.07, 6.45) is 6.24. The van der Waals surface area contributed by atoms with Gasteiger partial charge in [-0.2, -0.15) is 0 Å². The topological polar surface area (TPSA) is 41.4 Å². The second-order valence-electron chi connectivity index (χ2n) is 5.41. The van der Waals surface area contributed by atoms with Crippen molar-refractivity contribution in [2.75, 3.05) is 38.6 Å². The van der Waals surface area contributed by atoms with Crippen LogP contribution in [0.2, 0.25) is 0 Å². The van der Waals surface area contributed by atoms with Gasteiger partial charge < -0.3 is 9.47 Å². The van der Waals surface area contributed by atoms with Crippen LogP contribution in [0.4, 0.5) is 0 Å². The number of amides is 1. The van der Waals surface area contributed by atoms with Gasteiger partial charge in [0.25, 0.3) is 0 Å². The molecule has 1 aromatic rings. The standard InChI is InChI=1S/C15H25ClN4O/c1-2-14-17-6-7-19(14)11-8-18-9-12-20(13-10-18)15(21)4-3-5-16/h6-7H,2-5,8-13H2,1H3. The summed E-state index contributed by atoms with van der Waals surface area (Å²) in [5.74, 6) is 1.96. The minimum atomic E-state index is 0.248. The predicted octanol–water partition coefficient (Wildman–Crippen LogP) is 1.61. The molecule has 1 aliphatic heterocycles. The summed E-state index contributed by atoms with van der Waals surface area (Å²) >= 11 is 5.64. The Bertz CT molecular complexity index is 441. The van der Waals surface area contributed by atoms with E-state index in [2.05, 4.69) is 21.4 Å². The zero-order chi connectivity index (χ0) is 15.1. The van der Waals surface area contributed by atoms with Gasteiger partial charge in [-0.3, -0.25) is 9.69 Å². The first-order chi connectivity index (χ1) is 10.2. The highest BCUT2D eigenvalue weighted by Crippen LogP contribution is 2.07. The predicted molar refractivity (Wildman–Crippen MR) is 84.6 cm³/mol. The number of nitrogens with zero attached hydrogens (tertiary/aromatic N) is 4. The maximum atomic E-state index is 11.9. The fourth-order valence-electron chi connectivity index (χ4n) is 2.70. The SMILES string of the molecule is CCc1nccn1CCN1CCN(C(=O)CCCCl)CC1. The third-order valence-electron chi connectivity index (χ3n) is 4.02. The van der Waals surface area contributed by atoms with Gasteiger partial charge in [-0.15, -0.1) is 11.6 Å². The molecule has 2 rings (SSSR count). The van der Waals surface area contributed by atoms with Gasteiger partial charge in [-0.25, -0.2) is 4.98 Å². The molecule has 0 aromatic carbocycles. The van der Waals surface area contributed by atoms with E-state index in [1.54, 1.807) is 0 Å². The molecule has 5 nitrogen and oxygen atoms in total. The van der Waals surface area contributed by atoms with E-state index in [1.807, 2.05) is 17.3 Å². The lowest BCUT2D eigenvalue weighted by atomic mass is 10.2. The number of rotatable bonds is 7. The van der Waals surface area contributed by atoms with Gasteiger partial charge in [0, 0.05) is 70.4 Å². The Morgan fingerprint density at radius 2 is 2.05 bits per heavy atom. The average Bonchev–Trinajstić information content (AvgIpc) is 2.98. The highest BCUT2D eigenvalue weighted by molar-refractivity contribution is 6.17. The Morgan fingerprint density at radius 1 is 1.29 bits per heavy atom. The molecule has 1 aromatic heterocycles. The molecule has 0 atom stereocenters. The zero-order valence-corrected chi connectivity index (χ0v) is 13.6. The molecule has 21 heavy (non-hydrogen) atoms. The van der Waals surface area contributed by atoms with Crippen molar-refractivity contribution in [2.24, 2.45) is 0 Å². The Hall–Kier alpha value is -1.07. The minimum absolute atomic E-state index is 0.248. The Balaban J connectivity index is 1.70. The number of imidazole rings is 1. The number of alkyl halides is 1. The van der Waals surface area contributed by atoms with Crippen LogP contribution in [-0.2, 0) is 17.8 Å². The molecule has 1 aliphatic rings. The first-order valence-corrected chi connectivity index (χ1v) is 8.34. The lowest BCUT2D eigenvalue weighted by Gasteiger charge is -2.34. The van der Waals surface area contributed by atoms with E-state index in [0.29, 0.717) is 12.3 Å². The normalized spacial score (nSPS) is 16.4. The summed E-state index contributed by atoms with van der Waals surface area (Å²) < 4.78 is 2.22. The quantitative estimate of drug-likeness (QED) is 0.718. The van der Waals surface area contributed by atoms with Crippen LogP contribution in [0.1, 0.15) is 25.6 Å². The first kappa shape index (κ1) is 16.3. The van der Waals surface area contributed by atoms with Crippen molar-refractivity contribution in [1.29, 1.82) is 0 Å². The lowest BCUT2D eigenvalue weighted by Crippen LogP contribution is -2.49. The number of piperazine rings is 1. The Labute approximate surface area is 131 Å². The molecule has 1 saturated heterocycles. The van der Waals surface area contributed by atoms with Crippen LogP contribution in [0, 0.1) is 0 Å². The van der Waals surface area contributed by atoms with Crippen molar-refractivity contribution < 1.29 is 4.79 Å². The van der Waals surface area contributed by atoms with Crippen molar-refractivity contribution in [3.63, 3.8) is 0 Å². The molecule has 1 amide bonds. The molecule has 6 heteroatoms. The van der Waals surface area contributed by atoms with Gasteiger partial charge in [0.2, 0.25) is 5.91 Å². The minimum Gasteiger partial charge on any atom is -0.340 e. The molecule has 2 heterocycles. The molecule has 0 radical (unpaired) electrons. The van der Waals surface area contributed by atoms with Gasteiger partial charge in [-0.05, 0) is 6.42 Å². The Kier molecular flexibility index (Phi) is 6.51. The van der Waals surface area contributed by atoms with Crippen LogP contribution >= 0.6 is 11.6 Å². The van der Waals surface area contributed by atoms with Gasteiger partial charge in [0.05, 0.1) is 0 Å². The van der Waals surface area contributed by atoms with E-state index >= 15 is 0 Å². The fraction of sp³-hybridized carbons (Fsp3) is 0.733. The highest BCUT2D eigenvalue weighted by atomic mass is 35.5. The first-order valence-electron chi connectivity index (χ1n) is 7.80. The molecular weight excluding hydrogens is 288 g/mol. The molecule has 0 saturated carbocycles. The van der Waals surface area contributed by atoms with Crippen LogP contribution in [-0.4, -0.2) is 63.9 Å². The fourth-order valence-corrected chi connectivity index (χ4v) is 2.84. The van der Waals surface area contributed by atoms with Gasteiger partial charge >= 0.3 is 0 Å². The molecule has 0 aliphatic carbocycles. The number of carbonyl (C=O) groups is 1. The summed E-state index contributed by atoms with van der Waals surface area (Å²) in [6.45, 7) is 7.73. The molecule has 0 N–H and O–H groups in total. The zero-order valence-electron chi connectivity index (χ0n) is 12.8. The van der Waals surface area contributed by atoms with E-state index in [9.17, 15) is 4.79 Å². The largest absolute Gasteiger partial charge is 0.340 e. The molecule has 118 valence electrons. The van der Waals surface area contributed by atoms with E-state index in [4.69, 9.17) is 11.6 Å². The van der Waals surface area contributed by atoms with Crippen molar-refractivity contribution in [1.82, 2.24) is 19.4 Å². The van der Waals surface area contributed by atoms with Gasteiger partial charge in [0.1, 0.15) is 5.82 Å². The maximum absolute atomic E-state index is 11.9. The number of aromatic nitrogens is 2. The van der Waals surface area contributed by atoms with Crippen molar-refractivity contribution >= 4 is 17.5 Å². The molecule has 0 unspecified atom stereocenters. The van der Waals surface area contributed by atoms with E-state index in [-0.39, 0.29) is 5.91 Å². The van der Waals surface area contributed by atoms with Gasteiger partial charge in [-0.1, -0.05) is 6.92 Å². The highest BCUT2D eigenvalue weighted by Gasteiger charge is 2.20. The van der Waals surface area contributed by atoms with Crippen LogP contribution < -0.4 is 0 Å². The third-order valence-corrected chi connectivity index (χ3v) is 4.29. The third kappa shape index (κ3) is 4.71. The number of hydrogen-bond donors (Lipinski definition) is 0. The number of hydrogen-bond acceptors (Lipinski definition) is 3.